The summed E-state index contributed by atoms with van der Waals surface area (Å²) in [6.07, 6.45) is 0.552. The first-order chi connectivity index (χ1) is 9.13. The number of hydrogen-bond acceptors (Lipinski definition) is 5. The van der Waals surface area contributed by atoms with Crippen LogP contribution in [0.4, 0.5) is 10.6 Å². The molecule has 0 spiro atoms. The van der Waals surface area contributed by atoms with Crippen molar-refractivity contribution >= 4 is 11.8 Å². The minimum absolute atomic E-state index is 0.126. The van der Waals surface area contributed by atoms with Crippen LogP contribution >= 0.6 is 0 Å². The zero-order valence-corrected chi connectivity index (χ0v) is 10.4. The Morgan fingerprint density at radius 1 is 1.21 bits per heavy atom. The molecule has 1 aliphatic heterocycles. The molecule has 2 atom stereocenters. The van der Waals surface area contributed by atoms with E-state index in [1.54, 1.807) is 6.07 Å². The first-order valence-electron chi connectivity index (χ1n) is 6.39. The Balaban J connectivity index is 1.59. The summed E-state index contributed by atoms with van der Waals surface area (Å²) in [5, 5.41) is 29.4. The van der Waals surface area contributed by atoms with Gasteiger partial charge in [-0.2, -0.15) is 5.10 Å². The maximum Gasteiger partial charge on any atom is 0.323 e. The molecule has 102 valence electrons. The fourth-order valence-corrected chi connectivity index (χ4v) is 2.13. The molecule has 1 aromatic rings. The highest BCUT2D eigenvalue weighted by Gasteiger charge is 2.32. The molecule has 1 saturated heterocycles. The van der Waals surface area contributed by atoms with E-state index in [1.165, 1.54) is 4.90 Å². The number of β-amino-alcohol motifs (C(OH)–C–C–N with tert-alkyl or cyclic N) is 2. The molecule has 1 saturated carbocycles. The van der Waals surface area contributed by atoms with Gasteiger partial charge >= 0.3 is 6.03 Å². The van der Waals surface area contributed by atoms with Gasteiger partial charge in [0.2, 0.25) is 0 Å². The summed E-state index contributed by atoms with van der Waals surface area (Å²) in [7, 11) is 0. The van der Waals surface area contributed by atoms with E-state index in [1.807, 2.05) is 6.07 Å². The second kappa shape index (κ2) is 4.75. The molecule has 19 heavy (non-hydrogen) atoms. The highest BCUT2D eigenvalue weighted by Crippen LogP contribution is 2.38. The first kappa shape index (κ1) is 12.3. The number of nitrogens with one attached hydrogen (secondary N) is 1. The molecule has 0 bridgehead atoms. The fraction of sp³-hybridized carbons (Fsp3) is 0.583. The van der Waals surface area contributed by atoms with Gasteiger partial charge in [-0.05, 0) is 25.0 Å². The molecule has 1 aromatic heterocycles. The maximum atomic E-state index is 11.9. The van der Waals surface area contributed by atoms with E-state index in [4.69, 9.17) is 0 Å². The highest BCUT2D eigenvalue weighted by molar-refractivity contribution is 5.88. The topological polar surface area (TPSA) is 98.6 Å². The van der Waals surface area contributed by atoms with Crippen molar-refractivity contribution in [1.29, 1.82) is 0 Å². The van der Waals surface area contributed by atoms with Crippen molar-refractivity contribution in [3.8, 4) is 0 Å². The number of hydrogen-bond donors (Lipinski definition) is 3. The first-order valence-corrected chi connectivity index (χ1v) is 6.39. The summed E-state index contributed by atoms with van der Waals surface area (Å²) in [6, 6.07) is 3.21. The summed E-state index contributed by atoms with van der Waals surface area (Å²) in [4.78, 5) is 13.2. The summed E-state index contributed by atoms with van der Waals surface area (Å²) < 4.78 is 0. The van der Waals surface area contributed by atoms with E-state index in [0.29, 0.717) is 11.7 Å². The van der Waals surface area contributed by atoms with Crippen LogP contribution in [0.2, 0.25) is 0 Å². The van der Waals surface area contributed by atoms with Gasteiger partial charge in [-0.25, -0.2) is 4.79 Å². The van der Waals surface area contributed by atoms with Crippen LogP contribution in [0, 0.1) is 0 Å². The second-order valence-electron chi connectivity index (χ2n) is 5.09. The number of rotatable bonds is 2. The van der Waals surface area contributed by atoms with Gasteiger partial charge in [0.25, 0.3) is 0 Å². The Morgan fingerprint density at radius 3 is 2.42 bits per heavy atom. The van der Waals surface area contributed by atoms with E-state index in [2.05, 4.69) is 15.5 Å². The van der Waals surface area contributed by atoms with Crippen LogP contribution in [0.3, 0.4) is 0 Å². The summed E-state index contributed by atoms with van der Waals surface area (Å²) in [5.74, 6) is 0.909. The third-order valence-electron chi connectivity index (χ3n) is 3.46. The zero-order valence-electron chi connectivity index (χ0n) is 10.4. The number of aliphatic hydroxyl groups is 2. The molecule has 1 aliphatic carbocycles. The van der Waals surface area contributed by atoms with E-state index in [-0.39, 0.29) is 19.1 Å². The van der Waals surface area contributed by atoms with Gasteiger partial charge in [0.05, 0.1) is 31.0 Å². The number of amides is 2. The van der Waals surface area contributed by atoms with Gasteiger partial charge in [-0.1, -0.05) is 0 Å². The molecule has 7 heteroatoms. The molecular formula is C12H16N4O3. The Morgan fingerprint density at radius 2 is 1.89 bits per heavy atom. The minimum atomic E-state index is -0.880. The largest absolute Gasteiger partial charge is 0.388 e. The van der Waals surface area contributed by atoms with Gasteiger partial charge in [0, 0.05) is 5.92 Å². The van der Waals surface area contributed by atoms with Crippen LogP contribution in [-0.4, -0.2) is 56.6 Å². The van der Waals surface area contributed by atoms with Gasteiger partial charge in [-0.3, -0.25) is 5.32 Å². The van der Waals surface area contributed by atoms with E-state index >= 15 is 0 Å². The molecule has 2 fully saturated rings. The van der Waals surface area contributed by atoms with Gasteiger partial charge < -0.3 is 15.1 Å². The van der Waals surface area contributed by atoms with Crippen molar-refractivity contribution in [2.45, 2.75) is 31.0 Å². The van der Waals surface area contributed by atoms with Crippen LogP contribution in [0.25, 0.3) is 0 Å². The SMILES string of the molecule is O=C(Nc1ccc(C2CC2)nn1)N1C[C@@H](O)[C@@H](O)C1. The Labute approximate surface area is 110 Å². The van der Waals surface area contributed by atoms with Crippen LogP contribution in [-0.2, 0) is 0 Å². The molecule has 0 aromatic carbocycles. The predicted octanol–water partition coefficient (Wildman–Crippen LogP) is -0.0767. The fourth-order valence-electron chi connectivity index (χ4n) is 2.13. The van der Waals surface area contributed by atoms with E-state index in [9.17, 15) is 15.0 Å². The number of aliphatic hydroxyl groups excluding tert-OH is 2. The summed E-state index contributed by atoms with van der Waals surface area (Å²) in [6.45, 7) is 0.251. The van der Waals surface area contributed by atoms with Gasteiger partial charge in [-0.15, -0.1) is 5.10 Å². The Hall–Kier alpha value is -1.73. The van der Waals surface area contributed by atoms with Crippen molar-refractivity contribution in [2.24, 2.45) is 0 Å². The Kier molecular flexibility index (Phi) is 3.08. The van der Waals surface area contributed by atoms with E-state index in [0.717, 1.165) is 18.5 Å². The summed E-state index contributed by atoms with van der Waals surface area (Å²) in [5.41, 5.74) is 0.963. The van der Waals surface area contributed by atoms with Crippen molar-refractivity contribution < 1.29 is 15.0 Å². The predicted molar refractivity (Wildman–Crippen MR) is 66.6 cm³/mol. The number of likely N-dealkylation sites (tertiary alicyclic amines) is 1. The van der Waals surface area contributed by atoms with Crippen LogP contribution in [0.15, 0.2) is 12.1 Å². The third kappa shape index (κ3) is 2.66. The number of aromatic nitrogens is 2. The molecule has 0 unspecified atom stereocenters. The lowest BCUT2D eigenvalue weighted by Gasteiger charge is -2.15. The molecule has 2 heterocycles. The number of urea groups is 1. The number of carbonyl (C=O) groups is 1. The van der Waals surface area contributed by atoms with Gasteiger partial charge in [0.1, 0.15) is 0 Å². The van der Waals surface area contributed by atoms with Crippen LogP contribution in [0.5, 0.6) is 0 Å². The highest BCUT2D eigenvalue weighted by atomic mass is 16.3. The lowest BCUT2D eigenvalue weighted by Crippen LogP contribution is -2.34. The summed E-state index contributed by atoms with van der Waals surface area (Å²) >= 11 is 0. The average Bonchev–Trinajstić information content (AvgIpc) is 3.18. The number of anilines is 1. The number of nitrogens with zero attached hydrogens (tertiary/aromatic N) is 3. The Bertz CT molecular complexity index is 464. The normalized spacial score (nSPS) is 26.5. The zero-order chi connectivity index (χ0) is 13.4. The monoisotopic (exact) mass is 264 g/mol. The smallest absolute Gasteiger partial charge is 0.323 e. The molecule has 3 rings (SSSR count). The third-order valence-corrected chi connectivity index (χ3v) is 3.46. The van der Waals surface area contributed by atoms with Gasteiger partial charge in [0.15, 0.2) is 5.82 Å². The molecule has 2 aliphatic rings. The van der Waals surface area contributed by atoms with E-state index < -0.39 is 12.2 Å². The van der Waals surface area contributed by atoms with Crippen molar-refractivity contribution in [3.05, 3.63) is 17.8 Å². The molecule has 7 nitrogen and oxygen atoms in total. The second-order valence-corrected chi connectivity index (χ2v) is 5.09. The molecule has 2 amide bonds. The average molecular weight is 264 g/mol. The standard InChI is InChI=1S/C12H16N4O3/c17-9-5-16(6-10(9)18)12(19)13-11-4-3-8(14-15-11)7-1-2-7/h3-4,7,9-10,17-18H,1-2,5-6H2,(H,13,15,19)/t9-,10+. The lowest BCUT2D eigenvalue weighted by atomic mass is 10.3. The van der Waals surface area contributed by atoms with Crippen molar-refractivity contribution in [2.75, 3.05) is 18.4 Å². The molecule has 3 N–H and O–H groups in total. The van der Waals surface area contributed by atoms with Crippen molar-refractivity contribution in [3.63, 3.8) is 0 Å². The quantitative estimate of drug-likeness (QED) is 0.694. The lowest BCUT2D eigenvalue weighted by molar-refractivity contribution is 0.0572. The number of carbonyl (C=O) groups excluding carboxylic acids is 1. The molecule has 0 radical (unpaired) electrons. The molecular weight excluding hydrogens is 248 g/mol. The minimum Gasteiger partial charge on any atom is -0.388 e. The van der Waals surface area contributed by atoms with Crippen LogP contribution in [0.1, 0.15) is 24.5 Å². The maximum absolute atomic E-state index is 11.9. The van der Waals surface area contributed by atoms with Crippen LogP contribution < -0.4 is 5.32 Å². The van der Waals surface area contributed by atoms with Crippen molar-refractivity contribution in [1.82, 2.24) is 15.1 Å².